The SMILES string of the molecule is COCC1CCN(c2cc(C(=O)NS(=O)(=O)CC(N)=O)nc3c2c(C2CCC2)nn3-c2ccccc2)CC1. The number of nitrogens with one attached hydrogen (secondary N) is 1. The van der Waals surface area contributed by atoms with Gasteiger partial charge < -0.3 is 15.4 Å². The third-order valence-electron chi connectivity index (χ3n) is 7.31. The van der Waals surface area contributed by atoms with Gasteiger partial charge in [0.2, 0.25) is 15.9 Å². The van der Waals surface area contributed by atoms with Crippen LogP contribution in [0.2, 0.25) is 0 Å². The molecule has 3 aromatic rings. The molecule has 1 aliphatic heterocycles. The van der Waals surface area contributed by atoms with Crippen molar-refractivity contribution in [3.8, 4) is 5.69 Å². The second-order valence-electron chi connectivity index (χ2n) is 10.0. The smallest absolute Gasteiger partial charge is 0.283 e. The number of benzene rings is 1. The lowest BCUT2D eigenvalue weighted by Crippen LogP contribution is -2.38. The molecule has 1 saturated carbocycles. The minimum atomic E-state index is -4.26. The number of aromatic nitrogens is 3. The molecule has 3 N–H and O–H groups in total. The number of rotatable bonds is 9. The molecule has 2 aromatic heterocycles. The Morgan fingerprint density at radius 3 is 2.45 bits per heavy atom. The Morgan fingerprint density at radius 2 is 1.84 bits per heavy atom. The molecule has 0 atom stereocenters. The van der Waals surface area contributed by atoms with Gasteiger partial charge in [0, 0.05) is 32.7 Å². The Hall–Kier alpha value is -3.51. The molecule has 12 heteroatoms. The predicted molar refractivity (Wildman–Crippen MR) is 143 cm³/mol. The maximum absolute atomic E-state index is 13.1. The van der Waals surface area contributed by atoms with Crippen LogP contribution >= 0.6 is 0 Å². The molecular weight excluding hydrogens is 508 g/mol. The number of pyridine rings is 1. The van der Waals surface area contributed by atoms with Gasteiger partial charge in [-0.1, -0.05) is 24.6 Å². The molecule has 0 spiro atoms. The van der Waals surface area contributed by atoms with Crippen LogP contribution in [0.3, 0.4) is 0 Å². The standard InChI is InChI=1S/C26H32N6O5S/c1-37-15-17-10-12-31(13-11-17)21-14-20(26(34)30-38(35,36)16-22(27)33)28-25-23(21)24(18-6-5-7-18)29-32(25)19-8-3-2-4-9-19/h2-4,8-9,14,17-18H,5-7,10-13,15-16H2,1H3,(H2,27,33)(H,30,34). The lowest BCUT2D eigenvalue weighted by molar-refractivity contribution is -0.115. The fourth-order valence-corrected chi connectivity index (χ4v) is 6.03. The highest BCUT2D eigenvalue weighted by Gasteiger charge is 2.32. The Balaban J connectivity index is 1.64. The van der Waals surface area contributed by atoms with Crippen molar-refractivity contribution in [3.05, 3.63) is 47.8 Å². The summed E-state index contributed by atoms with van der Waals surface area (Å²) in [5, 5.41) is 5.88. The Kier molecular flexibility index (Phi) is 7.35. The van der Waals surface area contributed by atoms with E-state index < -0.39 is 27.6 Å². The van der Waals surface area contributed by atoms with E-state index in [9.17, 15) is 18.0 Å². The summed E-state index contributed by atoms with van der Waals surface area (Å²) in [6.07, 6.45) is 5.05. The fraction of sp³-hybridized carbons (Fsp3) is 0.462. The highest BCUT2D eigenvalue weighted by molar-refractivity contribution is 7.90. The maximum atomic E-state index is 13.1. The molecule has 202 valence electrons. The number of fused-ring (bicyclic) bond motifs is 1. The Morgan fingerprint density at radius 1 is 1.13 bits per heavy atom. The van der Waals surface area contributed by atoms with E-state index in [1.165, 1.54) is 0 Å². The minimum Gasteiger partial charge on any atom is -0.384 e. The number of anilines is 1. The van der Waals surface area contributed by atoms with Crippen molar-refractivity contribution in [1.29, 1.82) is 0 Å². The van der Waals surface area contributed by atoms with E-state index in [0.717, 1.165) is 67.6 Å². The van der Waals surface area contributed by atoms with Crippen molar-refractivity contribution < 1.29 is 22.7 Å². The van der Waals surface area contributed by atoms with E-state index >= 15 is 0 Å². The van der Waals surface area contributed by atoms with Crippen molar-refractivity contribution in [2.75, 3.05) is 37.5 Å². The summed E-state index contributed by atoms with van der Waals surface area (Å²) in [4.78, 5) is 31.2. The quantitative estimate of drug-likeness (QED) is 0.419. The van der Waals surface area contributed by atoms with Crippen molar-refractivity contribution in [1.82, 2.24) is 19.5 Å². The number of carbonyl (C=O) groups excluding carboxylic acids is 2. The molecule has 0 radical (unpaired) electrons. The van der Waals surface area contributed by atoms with Gasteiger partial charge in [-0.2, -0.15) is 5.10 Å². The molecule has 1 aliphatic carbocycles. The summed E-state index contributed by atoms with van der Waals surface area (Å²) in [7, 11) is -2.55. The highest BCUT2D eigenvalue weighted by atomic mass is 32.2. The van der Waals surface area contributed by atoms with Gasteiger partial charge in [-0.25, -0.2) is 22.8 Å². The number of hydrogen-bond donors (Lipinski definition) is 2. The molecule has 2 fully saturated rings. The number of para-hydroxylation sites is 1. The van der Waals surface area contributed by atoms with E-state index in [1.807, 2.05) is 35.1 Å². The lowest BCUT2D eigenvalue weighted by atomic mass is 9.82. The van der Waals surface area contributed by atoms with Crippen molar-refractivity contribution in [3.63, 3.8) is 0 Å². The Bertz CT molecular complexity index is 1440. The zero-order valence-corrected chi connectivity index (χ0v) is 22.1. The average molecular weight is 541 g/mol. The van der Waals surface area contributed by atoms with E-state index in [1.54, 1.807) is 17.9 Å². The molecular formula is C26H32N6O5S. The third-order valence-corrected chi connectivity index (χ3v) is 8.47. The van der Waals surface area contributed by atoms with Crippen molar-refractivity contribution in [2.24, 2.45) is 11.7 Å². The number of methoxy groups -OCH3 is 1. The van der Waals surface area contributed by atoms with Gasteiger partial charge in [-0.05, 0) is 49.8 Å². The van der Waals surface area contributed by atoms with Crippen LogP contribution in [-0.2, 0) is 19.6 Å². The van der Waals surface area contributed by atoms with Crippen LogP contribution in [0.5, 0.6) is 0 Å². The van der Waals surface area contributed by atoms with Gasteiger partial charge in [0.15, 0.2) is 5.65 Å². The summed E-state index contributed by atoms with van der Waals surface area (Å²) in [6, 6.07) is 11.2. The normalized spacial score (nSPS) is 16.9. The first-order valence-electron chi connectivity index (χ1n) is 12.8. The predicted octanol–water partition coefficient (Wildman–Crippen LogP) is 2.10. The number of sulfonamides is 1. The minimum absolute atomic E-state index is 0.0724. The monoisotopic (exact) mass is 540 g/mol. The number of nitrogens with two attached hydrogens (primary N) is 1. The van der Waals surface area contributed by atoms with E-state index in [0.29, 0.717) is 24.1 Å². The van der Waals surface area contributed by atoms with Gasteiger partial charge in [0.1, 0.15) is 11.4 Å². The zero-order valence-electron chi connectivity index (χ0n) is 21.3. The summed E-state index contributed by atoms with van der Waals surface area (Å²) >= 11 is 0. The van der Waals surface area contributed by atoms with Crippen LogP contribution in [0.1, 0.15) is 54.2 Å². The molecule has 3 heterocycles. The largest absolute Gasteiger partial charge is 0.384 e. The number of hydrogen-bond acceptors (Lipinski definition) is 8. The first kappa shape index (κ1) is 26.1. The number of nitrogens with zero attached hydrogens (tertiary/aromatic N) is 4. The summed E-state index contributed by atoms with van der Waals surface area (Å²) < 4.78 is 33.6. The third kappa shape index (κ3) is 5.37. The number of ether oxygens (including phenoxy) is 1. The van der Waals surface area contributed by atoms with Gasteiger partial charge in [-0.3, -0.25) is 9.59 Å². The van der Waals surface area contributed by atoms with Crippen molar-refractivity contribution in [2.45, 2.75) is 38.0 Å². The average Bonchev–Trinajstić information content (AvgIpc) is 3.21. The molecule has 38 heavy (non-hydrogen) atoms. The lowest BCUT2D eigenvalue weighted by Gasteiger charge is -2.34. The second kappa shape index (κ2) is 10.7. The van der Waals surface area contributed by atoms with Gasteiger partial charge >= 0.3 is 0 Å². The first-order valence-corrected chi connectivity index (χ1v) is 14.5. The number of carbonyl (C=O) groups is 2. The zero-order chi connectivity index (χ0) is 26.9. The highest BCUT2D eigenvalue weighted by Crippen LogP contribution is 2.43. The van der Waals surface area contributed by atoms with Crippen LogP contribution in [0.25, 0.3) is 16.7 Å². The van der Waals surface area contributed by atoms with Crippen LogP contribution in [0.15, 0.2) is 36.4 Å². The summed E-state index contributed by atoms with van der Waals surface area (Å²) in [5.74, 6) is -2.22. The molecule has 1 saturated heterocycles. The van der Waals surface area contributed by atoms with Gasteiger partial charge in [-0.15, -0.1) is 0 Å². The molecule has 2 aliphatic rings. The summed E-state index contributed by atoms with van der Waals surface area (Å²) in [5.41, 5.74) is 8.02. The molecule has 5 rings (SSSR count). The molecule has 0 bridgehead atoms. The maximum Gasteiger partial charge on any atom is 0.283 e. The van der Waals surface area contributed by atoms with Gasteiger partial charge in [0.05, 0.1) is 22.5 Å². The van der Waals surface area contributed by atoms with E-state index in [-0.39, 0.29) is 5.69 Å². The Labute approximate surface area is 221 Å². The topological polar surface area (TPSA) is 150 Å². The van der Waals surface area contributed by atoms with Crippen LogP contribution in [0, 0.1) is 5.92 Å². The van der Waals surface area contributed by atoms with E-state index in [2.05, 4.69) is 9.88 Å². The first-order chi connectivity index (χ1) is 18.3. The number of primary amides is 1. The second-order valence-corrected chi connectivity index (χ2v) is 11.8. The summed E-state index contributed by atoms with van der Waals surface area (Å²) in [6.45, 7) is 2.22. The molecule has 1 aromatic carbocycles. The molecule has 11 nitrogen and oxygen atoms in total. The van der Waals surface area contributed by atoms with Crippen LogP contribution < -0.4 is 15.4 Å². The van der Waals surface area contributed by atoms with E-state index in [4.69, 9.17) is 15.6 Å². The molecule has 2 amide bonds. The number of piperidine rings is 1. The molecule has 0 unspecified atom stereocenters. The fourth-order valence-electron chi connectivity index (χ4n) is 5.20. The number of amides is 2. The van der Waals surface area contributed by atoms with Crippen LogP contribution in [0.4, 0.5) is 5.69 Å². The van der Waals surface area contributed by atoms with Crippen molar-refractivity contribution >= 4 is 38.6 Å². The van der Waals surface area contributed by atoms with Crippen LogP contribution in [-0.4, -0.2) is 67.6 Å². The van der Waals surface area contributed by atoms with Gasteiger partial charge in [0.25, 0.3) is 5.91 Å².